The summed E-state index contributed by atoms with van der Waals surface area (Å²) in [6, 6.07) is 0. The van der Waals surface area contributed by atoms with Crippen molar-refractivity contribution in [1.29, 1.82) is 0 Å². The number of aliphatic hydroxyl groups excluding tert-OH is 5. The lowest BCUT2D eigenvalue weighted by Gasteiger charge is -2.22. The SMILES string of the molecule is C.C.O=C[C@H](O)[C@@H](O)[C@H](O)[C@H](O)CO. The monoisotopic (exact) mass is 212 g/mol. The third-order valence-corrected chi connectivity index (χ3v) is 1.42. The van der Waals surface area contributed by atoms with Gasteiger partial charge in [0.05, 0.1) is 6.61 Å². The van der Waals surface area contributed by atoms with Gasteiger partial charge in [-0.2, -0.15) is 0 Å². The Morgan fingerprint density at radius 1 is 1.00 bits per heavy atom. The van der Waals surface area contributed by atoms with Gasteiger partial charge in [0.25, 0.3) is 0 Å². The van der Waals surface area contributed by atoms with Crippen molar-refractivity contribution in [2.45, 2.75) is 39.3 Å². The number of rotatable bonds is 5. The molecule has 0 bridgehead atoms. The fourth-order valence-electron chi connectivity index (χ4n) is 0.618. The van der Waals surface area contributed by atoms with Crippen LogP contribution in [0, 0.1) is 0 Å². The van der Waals surface area contributed by atoms with E-state index in [1.807, 2.05) is 0 Å². The lowest BCUT2D eigenvalue weighted by molar-refractivity contribution is -0.136. The van der Waals surface area contributed by atoms with Crippen molar-refractivity contribution in [3.63, 3.8) is 0 Å². The van der Waals surface area contributed by atoms with E-state index in [2.05, 4.69) is 0 Å². The lowest BCUT2D eigenvalue weighted by Crippen LogP contribution is -2.46. The summed E-state index contributed by atoms with van der Waals surface area (Å²) in [6.07, 6.45) is -6.84. The van der Waals surface area contributed by atoms with Crippen molar-refractivity contribution in [2.24, 2.45) is 0 Å². The van der Waals surface area contributed by atoms with Crippen LogP contribution in [0.5, 0.6) is 0 Å². The van der Waals surface area contributed by atoms with Crippen LogP contribution in [0.3, 0.4) is 0 Å². The Bertz CT molecular complexity index is 140. The van der Waals surface area contributed by atoms with E-state index < -0.39 is 31.0 Å². The zero-order valence-corrected chi connectivity index (χ0v) is 6.24. The van der Waals surface area contributed by atoms with Crippen LogP contribution < -0.4 is 0 Å². The van der Waals surface area contributed by atoms with Crippen LogP contribution >= 0.6 is 0 Å². The van der Waals surface area contributed by atoms with Crippen LogP contribution in [0.25, 0.3) is 0 Å². The van der Waals surface area contributed by atoms with E-state index in [9.17, 15) is 4.79 Å². The minimum absolute atomic E-state index is 0. The first-order valence-corrected chi connectivity index (χ1v) is 3.33. The molecule has 0 radical (unpaired) electrons. The minimum Gasteiger partial charge on any atom is -0.394 e. The number of carbonyl (C=O) groups excluding carboxylic acids is 1. The molecule has 0 spiro atoms. The van der Waals surface area contributed by atoms with E-state index in [0.717, 1.165) is 0 Å². The summed E-state index contributed by atoms with van der Waals surface area (Å²) in [4.78, 5) is 9.90. The van der Waals surface area contributed by atoms with Gasteiger partial charge in [0.15, 0.2) is 6.29 Å². The molecular formula is C8H20O6. The second-order valence-electron chi connectivity index (χ2n) is 2.36. The summed E-state index contributed by atoms with van der Waals surface area (Å²) < 4.78 is 0. The molecule has 0 fully saturated rings. The molecule has 0 saturated carbocycles. The summed E-state index contributed by atoms with van der Waals surface area (Å²) in [6.45, 7) is -0.760. The van der Waals surface area contributed by atoms with Crippen LogP contribution in [-0.4, -0.2) is 62.8 Å². The van der Waals surface area contributed by atoms with Crippen LogP contribution in [0.4, 0.5) is 0 Å². The Kier molecular flexibility index (Phi) is 12.3. The first-order valence-electron chi connectivity index (χ1n) is 3.33. The molecule has 5 N–H and O–H groups in total. The van der Waals surface area contributed by atoms with E-state index in [-0.39, 0.29) is 21.1 Å². The molecule has 88 valence electrons. The van der Waals surface area contributed by atoms with Crippen LogP contribution in [0.1, 0.15) is 14.9 Å². The van der Waals surface area contributed by atoms with Gasteiger partial charge in [-0.05, 0) is 0 Å². The molecular weight excluding hydrogens is 192 g/mol. The van der Waals surface area contributed by atoms with Crippen molar-refractivity contribution in [2.75, 3.05) is 6.61 Å². The average molecular weight is 212 g/mol. The summed E-state index contributed by atoms with van der Waals surface area (Å²) in [5.41, 5.74) is 0. The molecule has 6 heteroatoms. The molecule has 0 saturated heterocycles. The molecule has 0 aromatic heterocycles. The molecule has 0 aliphatic carbocycles. The fraction of sp³-hybridized carbons (Fsp3) is 0.875. The number of hydrogen-bond donors (Lipinski definition) is 5. The topological polar surface area (TPSA) is 118 Å². The van der Waals surface area contributed by atoms with Crippen LogP contribution in [-0.2, 0) is 4.79 Å². The number of aliphatic hydroxyl groups is 5. The predicted molar refractivity (Wildman–Crippen MR) is 50.6 cm³/mol. The Balaban J connectivity index is -0.000000605. The molecule has 0 rings (SSSR count). The fourth-order valence-corrected chi connectivity index (χ4v) is 0.618. The van der Waals surface area contributed by atoms with Crippen molar-refractivity contribution in [3.8, 4) is 0 Å². The molecule has 4 atom stereocenters. The third kappa shape index (κ3) is 5.25. The summed E-state index contributed by atoms with van der Waals surface area (Å²) in [5, 5.41) is 43.5. The van der Waals surface area contributed by atoms with E-state index in [4.69, 9.17) is 25.5 Å². The highest BCUT2D eigenvalue weighted by Gasteiger charge is 2.29. The second-order valence-corrected chi connectivity index (χ2v) is 2.36. The first kappa shape index (κ1) is 19.1. The molecule has 0 aromatic carbocycles. The highest BCUT2D eigenvalue weighted by molar-refractivity contribution is 5.56. The van der Waals surface area contributed by atoms with E-state index >= 15 is 0 Å². The zero-order chi connectivity index (χ0) is 9.72. The maximum Gasteiger partial charge on any atom is 0.151 e. The molecule has 14 heavy (non-hydrogen) atoms. The minimum atomic E-state index is -1.79. The highest BCUT2D eigenvalue weighted by atomic mass is 16.4. The smallest absolute Gasteiger partial charge is 0.151 e. The zero-order valence-electron chi connectivity index (χ0n) is 6.24. The molecule has 0 amide bonds. The highest BCUT2D eigenvalue weighted by Crippen LogP contribution is 2.02. The maximum atomic E-state index is 9.90. The standard InChI is InChI=1S/C6H12O6.2CH4/c7-1-3(9)5(11)6(12)4(10)2-8;;/h1,3-6,8-12H,2H2;2*1H4/t3-,4+,5+,6+;;/m0../s1. The van der Waals surface area contributed by atoms with Gasteiger partial charge in [0.1, 0.15) is 24.4 Å². The van der Waals surface area contributed by atoms with Gasteiger partial charge in [-0.25, -0.2) is 0 Å². The van der Waals surface area contributed by atoms with Crippen molar-refractivity contribution >= 4 is 6.29 Å². The largest absolute Gasteiger partial charge is 0.394 e. The van der Waals surface area contributed by atoms with Crippen molar-refractivity contribution in [1.82, 2.24) is 0 Å². The van der Waals surface area contributed by atoms with Gasteiger partial charge in [-0.15, -0.1) is 0 Å². The van der Waals surface area contributed by atoms with Crippen LogP contribution in [0.15, 0.2) is 0 Å². The van der Waals surface area contributed by atoms with Gasteiger partial charge in [-0.3, -0.25) is 0 Å². The van der Waals surface area contributed by atoms with Gasteiger partial charge >= 0.3 is 0 Å². The van der Waals surface area contributed by atoms with Gasteiger partial charge in [0, 0.05) is 0 Å². The average Bonchev–Trinajstić information content (AvgIpc) is 2.12. The number of hydrogen-bond acceptors (Lipinski definition) is 6. The molecule has 0 aliphatic heterocycles. The summed E-state index contributed by atoms with van der Waals surface area (Å²) in [7, 11) is 0. The third-order valence-electron chi connectivity index (χ3n) is 1.42. The molecule has 6 nitrogen and oxygen atoms in total. The maximum absolute atomic E-state index is 9.90. The number of aldehydes is 1. The molecule has 0 aliphatic rings. The quantitative estimate of drug-likeness (QED) is 0.333. The van der Waals surface area contributed by atoms with Crippen LogP contribution in [0.2, 0.25) is 0 Å². The Labute approximate surface area is 83.4 Å². The van der Waals surface area contributed by atoms with E-state index in [1.165, 1.54) is 0 Å². The van der Waals surface area contributed by atoms with Crippen molar-refractivity contribution < 1.29 is 30.3 Å². The van der Waals surface area contributed by atoms with Gasteiger partial charge in [-0.1, -0.05) is 14.9 Å². The molecule has 0 aromatic rings. The van der Waals surface area contributed by atoms with E-state index in [0.29, 0.717) is 0 Å². The number of carbonyl (C=O) groups is 1. The van der Waals surface area contributed by atoms with E-state index in [1.54, 1.807) is 0 Å². The summed E-state index contributed by atoms with van der Waals surface area (Å²) in [5.74, 6) is 0. The second kappa shape index (κ2) is 9.04. The first-order chi connectivity index (χ1) is 5.54. The normalized spacial score (nSPS) is 18.1. The molecule has 0 heterocycles. The Morgan fingerprint density at radius 3 is 1.71 bits per heavy atom. The van der Waals surface area contributed by atoms with Gasteiger partial charge < -0.3 is 30.3 Å². The predicted octanol–water partition coefficient (Wildman–Crippen LogP) is -2.11. The molecule has 0 unspecified atom stereocenters. The lowest BCUT2D eigenvalue weighted by atomic mass is 10.0. The van der Waals surface area contributed by atoms with Gasteiger partial charge in [0.2, 0.25) is 0 Å². The Hall–Kier alpha value is -0.530. The Morgan fingerprint density at radius 2 is 1.43 bits per heavy atom. The summed E-state index contributed by atoms with van der Waals surface area (Å²) >= 11 is 0. The van der Waals surface area contributed by atoms with Crippen molar-refractivity contribution in [3.05, 3.63) is 0 Å².